The van der Waals surface area contributed by atoms with Gasteiger partial charge in [-0.1, -0.05) is 13.3 Å². The molecule has 0 bridgehead atoms. The smallest absolute Gasteiger partial charge is 0.239 e. The number of hydrogen-bond acceptors (Lipinski definition) is 4. The normalized spacial score (nSPS) is 14.3. The second kappa shape index (κ2) is 6.29. The van der Waals surface area contributed by atoms with Crippen LogP contribution in [0.15, 0.2) is 0 Å². The van der Waals surface area contributed by atoms with Gasteiger partial charge in [-0.05, 0) is 27.2 Å². The van der Waals surface area contributed by atoms with Crippen molar-refractivity contribution in [1.29, 1.82) is 0 Å². The first-order valence-electron chi connectivity index (χ1n) is 6.37. The van der Waals surface area contributed by atoms with Crippen molar-refractivity contribution >= 4 is 17.2 Å². The van der Waals surface area contributed by atoms with Crippen molar-refractivity contribution in [3.05, 3.63) is 15.6 Å². The molecule has 18 heavy (non-hydrogen) atoms. The number of aryl methyl sites for hydroxylation is 2. The fraction of sp³-hybridized carbons (Fsp3) is 0.692. The van der Waals surface area contributed by atoms with Crippen LogP contribution in [-0.2, 0) is 11.2 Å². The van der Waals surface area contributed by atoms with Gasteiger partial charge in [0.1, 0.15) is 0 Å². The zero-order valence-corrected chi connectivity index (χ0v) is 12.5. The highest BCUT2D eigenvalue weighted by molar-refractivity contribution is 7.11. The van der Waals surface area contributed by atoms with Crippen LogP contribution in [0.5, 0.6) is 0 Å². The molecule has 1 heterocycles. The lowest BCUT2D eigenvalue weighted by Crippen LogP contribution is -2.51. The fourth-order valence-corrected chi connectivity index (χ4v) is 2.87. The number of aromatic nitrogens is 1. The largest absolute Gasteiger partial charge is 0.354 e. The summed E-state index contributed by atoms with van der Waals surface area (Å²) in [7, 11) is 0. The van der Waals surface area contributed by atoms with Crippen molar-refractivity contribution in [1.82, 2.24) is 10.3 Å². The third-order valence-corrected chi connectivity index (χ3v) is 4.06. The summed E-state index contributed by atoms with van der Waals surface area (Å²) in [6, 6.07) is 0. The summed E-state index contributed by atoms with van der Waals surface area (Å²) < 4.78 is 0. The van der Waals surface area contributed by atoms with E-state index in [-0.39, 0.29) is 5.91 Å². The predicted molar refractivity (Wildman–Crippen MR) is 75.8 cm³/mol. The Morgan fingerprint density at radius 1 is 1.50 bits per heavy atom. The molecule has 1 unspecified atom stereocenters. The number of carbonyl (C=O) groups is 1. The fourth-order valence-electron chi connectivity index (χ4n) is 1.93. The molecule has 1 atom stereocenters. The van der Waals surface area contributed by atoms with Crippen LogP contribution in [0, 0.1) is 13.8 Å². The topological polar surface area (TPSA) is 68.0 Å². The number of nitrogens with two attached hydrogens (primary N) is 1. The van der Waals surface area contributed by atoms with Crippen molar-refractivity contribution in [2.24, 2.45) is 5.73 Å². The molecule has 5 heteroatoms. The highest BCUT2D eigenvalue weighted by Gasteiger charge is 2.26. The Balaban J connectivity index is 2.42. The first-order chi connectivity index (χ1) is 8.36. The molecular weight excluding hydrogens is 246 g/mol. The van der Waals surface area contributed by atoms with Crippen LogP contribution >= 0.6 is 11.3 Å². The quantitative estimate of drug-likeness (QED) is 0.829. The van der Waals surface area contributed by atoms with E-state index in [1.807, 2.05) is 20.8 Å². The zero-order valence-electron chi connectivity index (χ0n) is 11.7. The van der Waals surface area contributed by atoms with Gasteiger partial charge in [-0.25, -0.2) is 4.98 Å². The Labute approximate surface area is 113 Å². The van der Waals surface area contributed by atoms with Crippen molar-refractivity contribution in [2.45, 2.75) is 52.5 Å². The minimum atomic E-state index is -0.757. The first-order valence-corrected chi connectivity index (χ1v) is 7.18. The molecule has 0 saturated carbocycles. The Hall–Kier alpha value is -0.940. The average molecular weight is 269 g/mol. The molecule has 4 nitrogen and oxygen atoms in total. The third-order valence-electron chi connectivity index (χ3n) is 2.93. The van der Waals surface area contributed by atoms with Gasteiger partial charge >= 0.3 is 0 Å². The van der Waals surface area contributed by atoms with E-state index in [0.717, 1.165) is 23.5 Å². The van der Waals surface area contributed by atoms with Crippen molar-refractivity contribution in [3.8, 4) is 0 Å². The number of rotatable bonds is 6. The van der Waals surface area contributed by atoms with E-state index >= 15 is 0 Å². The van der Waals surface area contributed by atoms with Gasteiger partial charge in [0.2, 0.25) is 5.91 Å². The molecule has 1 rings (SSSR count). The lowest BCUT2D eigenvalue weighted by molar-refractivity contribution is -0.126. The highest BCUT2D eigenvalue weighted by atomic mass is 32.1. The van der Waals surface area contributed by atoms with Gasteiger partial charge in [0, 0.05) is 17.8 Å². The molecule has 0 aliphatic rings. The van der Waals surface area contributed by atoms with Gasteiger partial charge in [-0.3, -0.25) is 4.79 Å². The lowest BCUT2D eigenvalue weighted by Gasteiger charge is -2.22. The summed E-state index contributed by atoms with van der Waals surface area (Å²) in [6.07, 6.45) is 2.44. The van der Waals surface area contributed by atoms with Crippen LogP contribution in [0.2, 0.25) is 0 Å². The van der Waals surface area contributed by atoms with E-state index in [1.165, 1.54) is 4.88 Å². The van der Waals surface area contributed by atoms with Gasteiger partial charge in [-0.15, -0.1) is 11.3 Å². The van der Waals surface area contributed by atoms with Crippen LogP contribution in [0.4, 0.5) is 0 Å². The van der Waals surface area contributed by atoms with Crippen LogP contribution < -0.4 is 11.1 Å². The van der Waals surface area contributed by atoms with Gasteiger partial charge < -0.3 is 11.1 Å². The third kappa shape index (κ3) is 4.07. The van der Waals surface area contributed by atoms with Crippen LogP contribution in [0.3, 0.4) is 0 Å². The average Bonchev–Trinajstić information content (AvgIpc) is 2.57. The molecule has 0 aliphatic carbocycles. The standard InChI is InChI=1S/C13H23N3OS/c1-5-7-13(4,14)12(17)15-8-6-11-9(2)16-10(3)18-11/h5-8,14H2,1-4H3,(H,15,17). The molecule has 0 aromatic carbocycles. The van der Waals surface area contributed by atoms with Gasteiger partial charge in [0.15, 0.2) is 0 Å². The molecule has 102 valence electrons. The molecule has 0 fully saturated rings. The molecule has 0 aliphatic heterocycles. The lowest BCUT2D eigenvalue weighted by atomic mass is 9.96. The number of nitrogens with zero attached hydrogens (tertiary/aromatic N) is 1. The molecule has 0 radical (unpaired) electrons. The summed E-state index contributed by atoms with van der Waals surface area (Å²) >= 11 is 1.69. The monoisotopic (exact) mass is 269 g/mol. The SMILES string of the molecule is CCCC(C)(N)C(=O)NCCc1sc(C)nc1C. The summed E-state index contributed by atoms with van der Waals surface area (Å²) in [4.78, 5) is 17.5. The number of nitrogens with one attached hydrogen (secondary N) is 1. The zero-order chi connectivity index (χ0) is 13.8. The maximum atomic E-state index is 11.9. The molecular formula is C13H23N3OS. The van der Waals surface area contributed by atoms with E-state index < -0.39 is 5.54 Å². The second-order valence-electron chi connectivity index (χ2n) is 4.91. The van der Waals surface area contributed by atoms with E-state index in [1.54, 1.807) is 18.3 Å². The second-order valence-corrected chi connectivity index (χ2v) is 6.20. The Morgan fingerprint density at radius 3 is 2.67 bits per heavy atom. The minimum Gasteiger partial charge on any atom is -0.354 e. The molecule has 1 aromatic rings. The van der Waals surface area contributed by atoms with E-state index in [9.17, 15) is 4.79 Å². The molecule has 1 amide bonds. The summed E-state index contributed by atoms with van der Waals surface area (Å²) in [5.41, 5.74) is 6.27. The Bertz CT molecular complexity index is 412. The van der Waals surface area contributed by atoms with Crippen LogP contribution in [0.25, 0.3) is 0 Å². The number of thiazole rings is 1. The molecule has 1 aromatic heterocycles. The van der Waals surface area contributed by atoms with Gasteiger partial charge in [0.25, 0.3) is 0 Å². The summed E-state index contributed by atoms with van der Waals surface area (Å²) in [6.45, 7) is 8.44. The maximum absolute atomic E-state index is 11.9. The molecule has 0 saturated heterocycles. The number of amides is 1. The van der Waals surface area contributed by atoms with Gasteiger partial charge in [0.05, 0.1) is 16.2 Å². The van der Waals surface area contributed by atoms with E-state index in [0.29, 0.717) is 13.0 Å². The predicted octanol–water partition coefficient (Wildman–Crippen LogP) is 1.94. The minimum absolute atomic E-state index is 0.0664. The van der Waals surface area contributed by atoms with Crippen molar-refractivity contribution in [3.63, 3.8) is 0 Å². The molecule has 0 spiro atoms. The van der Waals surface area contributed by atoms with Crippen LogP contribution in [0.1, 0.15) is 42.3 Å². The Morgan fingerprint density at radius 2 is 2.17 bits per heavy atom. The van der Waals surface area contributed by atoms with E-state index in [4.69, 9.17) is 5.73 Å². The van der Waals surface area contributed by atoms with Gasteiger partial charge in [-0.2, -0.15) is 0 Å². The van der Waals surface area contributed by atoms with Crippen molar-refractivity contribution in [2.75, 3.05) is 6.54 Å². The Kier molecular flexibility index (Phi) is 5.28. The van der Waals surface area contributed by atoms with E-state index in [2.05, 4.69) is 10.3 Å². The number of hydrogen-bond donors (Lipinski definition) is 2. The summed E-state index contributed by atoms with van der Waals surface area (Å²) in [5, 5.41) is 3.98. The van der Waals surface area contributed by atoms with Crippen molar-refractivity contribution < 1.29 is 4.79 Å². The first kappa shape index (κ1) is 15.1. The number of carbonyl (C=O) groups excluding carboxylic acids is 1. The van der Waals surface area contributed by atoms with Crippen LogP contribution in [-0.4, -0.2) is 23.0 Å². The maximum Gasteiger partial charge on any atom is 0.239 e. The summed E-state index contributed by atoms with van der Waals surface area (Å²) in [5.74, 6) is -0.0664. The highest BCUT2D eigenvalue weighted by Crippen LogP contribution is 2.17. The molecule has 3 N–H and O–H groups in total.